The van der Waals surface area contributed by atoms with E-state index in [2.05, 4.69) is 68.1 Å². The first-order valence-corrected chi connectivity index (χ1v) is 8.51. The van der Waals surface area contributed by atoms with E-state index in [9.17, 15) is 5.26 Å². The predicted octanol–water partition coefficient (Wildman–Crippen LogP) is 4.95. The molecule has 3 rings (SSSR count). The molecule has 3 aromatic rings. The number of aryl methyl sites for hydroxylation is 3. The molecule has 0 saturated carbocycles. The zero-order valence-corrected chi connectivity index (χ0v) is 15.5. The number of hydrogen-bond acceptors (Lipinski definition) is 1. The third-order valence-electron chi connectivity index (χ3n) is 5.06. The van der Waals surface area contributed by atoms with Gasteiger partial charge in [-0.25, -0.2) is 4.57 Å². The fourth-order valence-electron chi connectivity index (χ4n) is 3.63. The summed E-state index contributed by atoms with van der Waals surface area (Å²) in [5.41, 5.74) is 10.2. The summed E-state index contributed by atoms with van der Waals surface area (Å²) in [6.07, 6.45) is 2.08. The van der Waals surface area contributed by atoms with Crippen LogP contribution in [0.4, 0.5) is 0 Å². The van der Waals surface area contributed by atoms with Crippen molar-refractivity contribution < 1.29 is 4.57 Å². The lowest BCUT2D eigenvalue weighted by Gasteiger charge is -2.16. The summed E-state index contributed by atoms with van der Waals surface area (Å²) in [7, 11) is 2.08. The first kappa shape index (κ1) is 16.9. The quantitative estimate of drug-likeness (QED) is 0.612. The van der Waals surface area contributed by atoms with Gasteiger partial charge in [0.05, 0.1) is 17.2 Å². The van der Waals surface area contributed by atoms with Crippen LogP contribution >= 0.6 is 0 Å². The van der Waals surface area contributed by atoms with Crippen LogP contribution in [-0.4, -0.2) is 0 Å². The maximum absolute atomic E-state index is 9.50. The molecular formula is C23H23N2+. The van der Waals surface area contributed by atoms with Crippen LogP contribution in [0.2, 0.25) is 0 Å². The Labute approximate surface area is 150 Å². The van der Waals surface area contributed by atoms with Gasteiger partial charge in [0, 0.05) is 12.1 Å². The van der Waals surface area contributed by atoms with Gasteiger partial charge in [0.1, 0.15) is 7.05 Å². The maximum Gasteiger partial charge on any atom is 0.212 e. The van der Waals surface area contributed by atoms with Crippen molar-refractivity contribution in [3.8, 4) is 28.5 Å². The average Bonchev–Trinajstić information content (AvgIpc) is 2.58. The summed E-state index contributed by atoms with van der Waals surface area (Å²) in [4.78, 5) is 0. The molecule has 0 aliphatic carbocycles. The topological polar surface area (TPSA) is 27.7 Å². The van der Waals surface area contributed by atoms with Gasteiger partial charge in [-0.2, -0.15) is 5.26 Å². The van der Waals surface area contributed by atoms with Crippen molar-refractivity contribution in [3.05, 3.63) is 76.5 Å². The van der Waals surface area contributed by atoms with E-state index in [1.165, 1.54) is 27.9 Å². The minimum atomic E-state index is 0.782. The molecule has 1 heterocycles. The second kappa shape index (κ2) is 6.53. The molecule has 0 spiro atoms. The minimum absolute atomic E-state index is 0.782. The van der Waals surface area contributed by atoms with Gasteiger partial charge in [-0.1, -0.05) is 24.3 Å². The molecule has 0 unspecified atom stereocenters. The lowest BCUT2D eigenvalue weighted by atomic mass is 9.87. The number of rotatable bonds is 2. The highest BCUT2D eigenvalue weighted by Crippen LogP contribution is 2.35. The molecule has 0 saturated heterocycles. The molecule has 0 aliphatic rings. The fourth-order valence-corrected chi connectivity index (χ4v) is 3.63. The van der Waals surface area contributed by atoms with Gasteiger partial charge in [-0.05, 0) is 67.1 Å². The molecule has 25 heavy (non-hydrogen) atoms. The Bertz CT molecular complexity index is 1010. The molecule has 0 radical (unpaired) electrons. The van der Waals surface area contributed by atoms with Crippen molar-refractivity contribution in [1.29, 1.82) is 5.26 Å². The molecule has 0 bridgehead atoms. The lowest BCUT2D eigenvalue weighted by Crippen LogP contribution is -2.30. The second-order valence-corrected chi connectivity index (χ2v) is 6.67. The van der Waals surface area contributed by atoms with Gasteiger partial charge in [0.25, 0.3) is 0 Å². The fraction of sp³-hybridized carbons (Fsp3) is 0.217. The van der Waals surface area contributed by atoms with E-state index in [1.807, 2.05) is 26.0 Å². The molecule has 2 heteroatoms. The third-order valence-corrected chi connectivity index (χ3v) is 5.06. The van der Waals surface area contributed by atoms with Crippen LogP contribution in [-0.2, 0) is 7.05 Å². The van der Waals surface area contributed by atoms with Gasteiger partial charge < -0.3 is 0 Å². The van der Waals surface area contributed by atoms with Gasteiger partial charge in [-0.3, -0.25) is 0 Å². The molecule has 0 N–H and O–H groups in total. The van der Waals surface area contributed by atoms with Crippen LogP contribution in [0.1, 0.15) is 27.8 Å². The Hall–Kier alpha value is -2.92. The van der Waals surface area contributed by atoms with Gasteiger partial charge in [0.15, 0.2) is 6.20 Å². The summed E-state index contributed by atoms with van der Waals surface area (Å²) in [6, 6.07) is 17.2. The van der Waals surface area contributed by atoms with Crippen molar-refractivity contribution in [2.45, 2.75) is 27.7 Å². The van der Waals surface area contributed by atoms with Crippen LogP contribution in [0, 0.1) is 39.0 Å². The largest absolute Gasteiger partial charge is 0.212 e. The van der Waals surface area contributed by atoms with Crippen molar-refractivity contribution >= 4 is 0 Å². The van der Waals surface area contributed by atoms with Crippen molar-refractivity contribution in [1.82, 2.24) is 0 Å². The Morgan fingerprint density at radius 1 is 0.800 bits per heavy atom. The molecule has 0 aliphatic heterocycles. The van der Waals surface area contributed by atoms with E-state index in [1.54, 1.807) is 0 Å². The Morgan fingerprint density at radius 2 is 1.44 bits per heavy atom. The summed E-state index contributed by atoms with van der Waals surface area (Å²) >= 11 is 0. The monoisotopic (exact) mass is 327 g/mol. The molecule has 0 atom stereocenters. The number of aromatic nitrogens is 1. The van der Waals surface area contributed by atoms with E-state index in [4.69, 9.17) is 0 Å². The average molecular weight is 327 g/mol. The number of hydrogen-bond donors (Lipinski definition) is 0. The first-order chi connectivity index (χ1) is 12.0. The Morgan fingerprint density at radius 3 is 2.08 bits per heavy atom. The number of pyridine rings is 1. The van der Waals surface area contributed by atoms with Crippen LogP contribution in [0.25, 0.3) is 22.4 Å². The molecule has 2 nitrogen and oxygen atoms in total. The van der Waals surface area contributed by atoms with E-state index in [-0.39, 0.29) is 0 Å². The zero-order chi connectivity index (χ0) is 18.1. The summed E-state index contributed by atoms with van der Waals surface area (Å²) < 4.78 is 2.15. The van der Waals surface area contributed by atoms with Crippen molar-refractivity contribution in [2.75, 3.05) is 0 Å². The molecule has 124 valence electrons. The predicted molar refractivity (Wildman–Crippen MR) is 102 cm³/mol. The number of benzene rings is 2. The van der Waals surface area contributed by atoms with Crippen molar-refractivity contribution in [2.24, 2.45) is 7.05 Å². The second-order valence-electron chi connectivity index (χ2n) is 6.67. The Balaban J connectivity index is 2.30. The molecule has 2 aromatic carbocycles. The third kappa shape index (κ3) is 2.83. The summed E-state index contributed by atoms with van der Waals surface area (Å²) in [6.45, 7) is 8.37. The van der Waals surface area contributed by atoms with E-state index >= 15 is 0 Å². The lowest BCUT2D eigenvalue weighted by molar-refractivity contribution is -0.660. The van der Waals surface area contributed by atoms with Gasteiger partial charge in [0.2, 0.25) is 5.69 Å². The number of nitrogens with zero attached hydrogens (tertiary/aromatic N) is 2. The van der Waals surface area contributed by atoms with E-state index < -0.39 is 0 Å². The minimum Gasteiger partial charge on any atom is -0.201 e. The maximum atomic E-state index is 9.50. The normalized spacial score (nSPS) is 10.6. The molecule has 0 amide bonds. The standard InChI is InChI=1S/C23H23N2/c1-15-9-11-19(17(3)21(15)14-24)20-12-10-16(2)23(18(20)4)22-8-6-7-13-25(22)5/h6-13H,1-5H3/q+1. The van der Waals surface area contributed by atoms with E-state index in [0.29, 0.717) is 0 Å². The smallest absolute Gasteiger partial charge is 0.201 e. The highest BCUT2D eigenvalue weighted by atomic mass is 14.9. The highest BCUT2D eigenvalue weighted by molar-refractivity contribution is 5.80. The molecule has 0 fully saturated rings. The SMILES string of the molecule is Cc1ccc(-c2ccc(C)c(-c3cccc[n+]3C)c2C)c(C)c1C#N. The summed E-state index contributed by atoms with van der Waals surface area (Å²) in [5.74, 6) is 0. The van der Waals surface area contributed by atoms with Gasteiger partial charge in [-0.15, -0.1) is 0 Å². The highest BCUT2D eigenvalue weighted by Gasteiger charge is 2.19. The van der Waals surface area contributed by atoms with Crippen molar-refractivity contribution in [3.63, 3.8) is 0 Å². The van der Waals surface area contributed by atoms with Crippen LogP contribution in [0.5, 0.6) is 0 Å². The zero-order valence-electron chi connectivity index (χ0n) is 15.5. The first-order valence-electron chi connectivity index (χ1n) is 8.51. The number of nitriles is 1. The van der Waals surface area contributed by atoms with Gasteiger partial charge >= 0.3 is 0 Å². The Kier molecular flexibility index (Phi) is 4.42. The van der Waals surface area contributed by atoms with Crippen LogP contribution in [0.3, 0.4) is 0 Å². The van der Waals surface area contributed by atoms with E-state index in [0.717, 1.165) is 22.3 Å². The molecular weight excluding hydrogens is 304 g/mol. The van der Waals surface area contributed by atoms with Crippen LogP contribution < -0.4 is 4.57 Å². The molecule has 1 aromatic heterocycles. The van der Waals surface area contributed by atoms with Crippen LogP contribution in [0.15, 0.2) is 48.7 Å². The summed E-state index contributed by atoms with van der Waals surface area (Å²) in [5, 5.41) is 9.50.